The van der Waals surface area contributed by atoms with Gasteiger partial charge in [0, 0.05) is 89.1 Å². The number of Topliss-reactive ketones (excluding diaryl/α,β-unsaturated/α-hetero) is 1. The number of halogens is 2. The van der Waals surface area contributed by atoms with Crippen molar-refractivity contribution < 1.29 is 47.4 Å². The van der Waals surface area contributed by atoms with E-state index in [0.29, 0.717) is 41.9 Å². The zero-order valence-corrected chi connectivity index (χ0v) is 78.0. The van der Waals surface area contributed by atoms with Crippen LogP contribution < -0.4 is 23.6 Å². The van der Waals surface area contributed by atoms with Gasteiger partial charge < -0.3 is 48.5 Å². The van der Waals surface area contributed by atoms with Gasteiger partial charge in [-0.1, -0.05) is 274 Å². The van der Waals surface area contributed by atoms with Crippen molar-refractivity contribution in [2.45, 2.75) is 140 Å². The average molecular weight is 1940 g/mol. The first kappa shape index (κ1) is 118. The molecular weight excluding hydrogens is 1820 g/mol. The number of nitrogens with one attached hydrogen (secondary N) is 1. The zero-order valence-electron chi connectivity index (χ0n) is 72.6. The second-order valence-corrected chi connectivity index (χ2v) is 31.6. The maximum Gasteiger partial charge on any atom is 2.00 e. The van der Waals surface area contributed by atoms with Gasteiger partial charge in [0.15, 0.2) is 10.3 Å². The van der Waals surface area contributed by atoms with E-state index in [1.807, 2.05) is 202 Å². The number of aromatic amines is 1. The molecule has 10 aromatic carbocycles. The quantitative estimate of drug-likeness (QED) is 0.0130. The number of aliphatic carboxylic acids is 1. The molecule has 0 saturated heterocycles. The molecule has 0 bridgehead atoms. The number of H-pyrrole nitrogens is 1. The first-order valence-corrected chi connectivity index (χ1v) is 44.0. The van der Waals surface area contributed by atoms with Crippen molar-refractivity contribution in [1.82, 2.24) is 54.8 Å². The third-order valence-electron chi connectivity index (χ3n) is 20.0. The predicted molar refractivity (Wildman–Crippen MR) is 560 cm³/mol. The summed E-state index contributed by atoms with van der Waals surface area (Å²) < 4.78 is 0.835. The third-order valence-corrected chi connectivity index (χ3v) is 21.5. The molecule has 1 aliphatic carbocycles. The monoisotopic (exact) mass is 1940 g/mol. The maximum absolute atomic E-state index is 13.3. The molecule has 17 rings (SSSR count). The molecule has 1 aliphatic rings. The Morgan fingerprint density at radius 2 is 0.919 bits per heavy atom. The Hall–Kier alpha value is -12.8. The summed E-state index contributed by atoms with van der Waals surface area (Å²) in [6.07, 6.45) is 19.3. The number of ketones is 1. The largest absolute Gasteiger partial charge is 2.00 e. The molecule has 0 fully saturated rings. The number of hydrogen-bond acceptors (Lipinski definition) is 20. The number of nitrogens with two attached hydrogens (primary N) is 1. The van der Waals surface area contributed by atoms with E-state index in [2.05, 4.69) is 160 Å². The molecule has 696 valence electrons. The van der Waals surface area contributed by atoms with Crippen LogP contribution in [-0.4, -0.2) is 135 Å². The Morgan fingerprint density at radius 1 is 0.496 bits per heavy atom. The number of aromatic nitrogens is 11. The fourth-order valence-electron chi connectivity index (χ4n) is 13.5. The van der Waals surface area contributed by atoms with E-state index in [1.165, 1.54) is 34.0 Å². The molecule has 26 heteroatoms. The van der Waals surface area contributed by atoms with Gasteiger partial charge in [0.1, 0.15) is 39.6 Å². The van der Waals surface area contributed by atoms with E-state index in [0.717, 1.165) is 123 Å². The number of phenols is 2. The maximum atomic E-state index is 13.3. The fraction of sp³-hybridized carbons (Fsp3) is 0.193. The van der Waals surface area contributed by atoms with Crippen LogP contribution in [0.25, 0.3) is 61.5 Å². The number of rotatable bonds is 19. The first-order valence-electron chi connectivity index (χ1n) is 40.7. The number of carboxylic acids is 1. The normalized spacial score (nSPS) is 10.5. The minimum absolute atomic E-state index is 0. The van der Waals surface area contributed by atoms with Crippen LogP contribution in [0, 0.1) is 52.9 Å². The van der Waals surface area contributed by atoms with Crippen LogP contribution in [0.4, 0.5) is 0 Å². The van der Waals surface area contributed by atoms with Crippen LogP contribution in [0.1, 0.15) is 148 Å². The zero-order chi connectivity index (χ0) is 90.4. The van der Waals surface area contributed by atoms with Gasteiger partial charge >= 0.3 is 36.1 Å². The van der Waals surface area contributed by atoms with Crippen molar-refractivity contribution in [1.29, 1.82) is 5.26 Å². The number of carbonyl (C=O) groups excluding carboxylic acids is 1. The summed E-state index contributed by atoms with van der Waals surface area (Å²) in [5.41, 5.74) is 28.6. The molecule has 2 unspecified atom stereocenters. The van der Waals surface area contributed by atoms with E-state index in [9.17, 15) is 19.8 Å². The summed E-state index contributed by atoms with van der Waals surface area (Å²) in [4.78, 5) is 70.0. The van der Waals surface area contributed by atoms with E-state index >= 15 is 0 Å². The van der Waals surface area contributed by atoms with Gasteiger partial charge in [-0.05, 0) is 204 Å². The number of carboxylic acid groups (broad SMARTS) is 1. The topological polar surface area (TPSA) is 330 Å². The molecule has 16 aromatic rings. The third kappa shape index (κ3) is 37.5. The smallest absolute Gasteiger partial charge is 1.00 e. The van der Waals surface area contributed by atoms with Gasteiger partial charge in [0.2, 0.25) is 5.82 Å². The van der Waals surface area contributed by atoms with E-state index < -0.39 is 13.1 Å². The minimum atomic E-state index is -1.35. The number of allylic oxidation sites excluding steroid dienone is 2. The van der Waals surface area contributed by atoms with Gasteiger partial charge in [-0.2, -0.15) is 29.9 Å². The molecule has 135 heavy (non-hydrogen) atoms. The number of nitriles is 1. The summed E-state index contributed by atoms with van der Waals surface area (Å²) in [5, 5.41) is 56.4. The molecule has 0 aliphatic heterocycles. The number of phenolic OH excluding ortho intramolecular Hbond substituents is 2. The van der Waals surface area contributed by atoms with Crippen LogP contribution in [0.5, 0.6) is 11.5 Å². The Morgan fingerprint density at radius 3 is 1.38 bits per heavy atom. The summed E-state index contributed by atoms with van der Waals surface area (Å²) >= 11 is 6.33. The number of fused-ring (bicyclic) bond motifs is 2. The summed E-state index contributed by atoms with van der Waals surface area (Å²) in [7, 11) is -1.35. The van der Waals surface area contributed by atoms with Crippen molar-refractivity contribution in [3.05, 3.63) is 413 Å². The second kappa shape index (κ2) is 61.9. The first-order chi connectivity index (χ1) is 61.5. The van der Waals surface area contributed by atoms with Gasteiger partial charge in [0.25, 0.3) is 0 Å². The standard InChI is InChI=1S/C31H28N2O2.C19H19N3.C12H9N3.C12H12N2S.C10H9NO3.C7H9BO2.C7H7.C5H5BrN2S.6CH4.ClH.Mg/c1-21-7-5-6-10-28(21)30-15-16-32-31(33-30)25(17-22-8-3-2-4-9-22)19-27(35)18-24-12-11-23-13-14-26(34)20-29(23)24;1-14-7-5-6-10-16(14)18-11-12-21-19(22-18)17(20)13-15-8-3-2-4-9-15;1-9-4-2-3-5-10(9)11-6-7-14-12(8-13)15-11;1-9-5-3-4-6-10(9)11-7-8-13-12(14-11)15-2;12-7-1-2-9-8(4-7)6(5-11-9)3-10(13)14;1-6-4-2-3-5-7(6)8(9)10;1-7-5-3-2-4-6-7;1-9-5-7-3-2-4(6)8-5;;;;;;;;/h2-10,12-16,20,25,34H,11,17-19H2,1H3;2-12,17H,13,20H2,1H3;2-7H,1H3;3-8H,1-2H3;1-2,4-5,11-12H,3H2,(H,13,14);2-5,9-10H,1H3;2-6H,1H2;2-3H,1H3;6*1H4;1H;/q;;;;;;-1;;;;;;;;;+2/p-1. The number of benzene rings is 10. The van der Waals surface area contributed by atoms with Crippen molar-refractivity contribution in [3.8, 4) is 62.6 Å². The van der Waals surface area contributed by atoms with Crippen LogP contribution in [0.3, 0.4) is 0 Å². The van der Waals surface area contributed by atoms with Gasteiger partial charge in [0.05, 0.1) is 35.2 Å². The van der Waals surface area contributed by atoms with Gasteiger partial charge in [-0.25, -0.2) is 49.8 Å². The Labute approximate surface area is 837 Å². The molecule has 20 nitrogen and oxygen atoms in total. The summed E-state index contributed by atoms with van der Waals surface area (Å²) in [6.45, 7) is 13.8. The van der Waals surface area contributed by atoms with Gasteiger partial charge in [-0.15, -0.1) is 12.1 Å². The van der Waals surface area contributed by atoms with E-state index in [4.69, 9.17) is 31.1 Å². The molecule has 6 aromatic heterocycles. The number of thioether (sulfide) groups is 2. The Bertz CT molecular complexity index is 6350. The number of carbonyl (C=O) groups is 2. The number of aromatic hydroxyl groups is 2. The summed E-state index contributed by atoms with van der Waals surface area (Å²) in [5.74, 6) is 1.10. The number of aryl methyl sites for hydroxylation is 5. The average Bonchev–Trinajstić information content (AvgIpc) is 1.68. The van der Waals surface area contributed by atoms with Crippen molar-refractivity contribution in [2.24, 2.45) is 5.73 Å². The fourth-order valence-corrected chi connectivity index (χ4v) is 14.6. The van der Waals surface area contributed by atoms with E-state index in [1.54, 1.807) is 97.5 Å². The van der Waals surface area contributed by atoms with Crippen LogP contribution >= 0.6 is 39.5 Å². The van der Waals surface area contributed by atoms with Crippen molar-refractivity contribution in [2.75, 3.05) is 12.5 Å². The van der Waals surface area contributed by atoms with Crippen LogP contribution in [0.15, 0.2) is 337 Å². The second-order valence-electron chi connectivity index (χ2n) is 29.2. The molecule has 6 heterocycles. The Balaban J connectivity index is 0.000000544. The molecule has 2 atom stereocenters. The number of hydrogen-bond donors (Lipinski definition) is 7. The molecule has 0 spiro atoms. The van der Waals surface area contributed by atoms with Crippen LogP contribution in [0.2, 0.25) is 0 Å². The number of nitrogens with zero attached hydrogens (tertiary/aromatic N) is 11. The minimum Gasteiger partial charge on any atom is -1.00 e. The van der Waals surface area contributed by atoms with E-state index in [-0.39, 0.29) is 122 Å². The summed E-state index contributed by atoms with van der Waals surface area (Å²) in [6, 6.07) is 91.4. The predicted octanol–water partition coefficient (Wildman–Crippen LogP) is 21.1. The van der Waals surface area contributed by atoms with Crippen molar-refractivity contribution >= 4 is 103 Å². The van der Waals surface area contributed by atoms with Crippen LogP contribution in [-0.2, 0) is 35.3 Å². The van der Waals surface area contributed by atoms with Crippen molar-refractivity contribution in [3.63, 3.8) is 0 Å². The molecule has 0 radical (unpaired) electrons. The Kier molecular flexibility index (Phi) is 54.2. The molecule has 8 N–H and O–H groups in total. The molecule has 0 saturated carbocycles. The van der Waals surface area contributed by atoms with Gasteiger partial charge in [-0.3, -0.25) is 9.59 Å². The molecule has 0 amide bonds. The molecular formula is C109H122BBrClMgN13O7S2. The SMILES string of the molecule is C.C.C.C.C.C.CSc1nccc(-c2ccccc2C)n1.CSc1nccc(Br)n1.Cc1ccccc1-c1ccnc(C#N)n1.Cc1ccccc1-c1ccnc(C(CC(=O)CC2=CCc3ccc(O)cc32)Cc2ccccc2)n1.Cc1ccccc1-c1ccnc(C(N)Cc2ccccc2)n1.Cc1ccccc1B(O)O.O=C(O)Cc1c[nH]c2ccc(O)cc12.[CH2-]c1ccccc1.[Cl-].[Mg+2].